The number of hydroxylamine groups is 2. The van der Waals surface area contributed by atoms with Crippen LogP contribution in [0, 0.1) is 5.92 Å². The van der Waals surface area contributed by atoms with E-state index in [1.165, 1.54) is 16.8 Å². The molecule has 10 heteroatoms. The molecule has 2 bridgehead atoms. The van der Waals surface area contributed by atoms with Gasteiger partial charge in [0.15, 0.2) is 6.23 Å². The highest BCUT2D eigenvalue weighted by molar-refractivity contribution is 6.99. The largest absolute Gasteiger partial charge is 0.404 e. The van der Waals surface area contributed by atoms with E-state index in [-0.39, 0.29) is 30.2 Å². The molecule has 39 heavy (non-hydrogen) atoms. The van der Waals surface area contributed by atoms with Gasteiger partial charge in [-0.25, -0.2) is 9.18 Å². The van der Waals surface area contributed by atoms with Gasteiger partial charge in [0, 0.05) is 18.2 Å². The second-order valence-electron chi connectivity index (χ2n) is 11.4. The Morgan fingerprint density at radius 3 is 2.21 bits per heavy atom. The number of aromatic amines is 1. The molecule has 3 aromatic rings. The SMILES string of the molecule is C[C@H]1[C@@H]2[C@H](n3ccc(=O)[nH]c3=O)O[C@@]1(CO[Si](c1ccccc1)(c1ccccc1)C(C)(C)C)CN2OCCF. The third-order valence-corrected chi connectivity index (χ3v) is 13.1. The van der Waals surface area contributed by atoms with E-state index in [0.29, 0.717) is 6.54 Å². The lowest BCUT2D eigenvalue weighted by atomic mass is 9.91. The second-order valence-corrected chi connectivity index (χ2v) is 15.7. The van der Waals surface area contributed by atoms with Crippen LogP contribution in [0.3, 0.4) is 0 Å². The number of ether oxygens (including phenoxy) is 1. The first-order valence-electron chi connectivity index (χ1n) is 13.3. The molecule has 2 saturated heterocycles. The van der Waals surface area contributed by atoms with Crippen LogP contribution in [0.5, 0.6) is 0 Å². The lowest BCUT2D eigenvalue weighted by molar-refractivity contribution is -0.253. The number of nitrogens with zero attached hydrogens (tertiary/aromatic N) is 2. The summed E-state index contributed by atoms with van der Waals surface area (Å²) in [5, 5.41) is 3.80. The Hall–Kier alpha value is -2.89. The monoisotopic (exact) mass is 553 g/mol. The third-order valence-electron chi connectivity index (χ3n) is 8.16. The summed E-state index contributed by atoms with van der Waals surface area (Å²) in [6, 6.07) is 21.6. The summed E-state index contributed by atoms with van der Waals surface area (Å²) < 4.78 is 28.4. The van der Waals surface area contributed by atoms with E-state index >= 15 is 0 Å². The van der Waals surface area contributed by atoms with Crippen LogP contribution in [0.1, 0.15) is 33.9 Å². The number of hydrogen-bond acceptors (Lipinski definition) is 6. The molecule has 0 unspecified atom stereocenters. The van der Waals surface area contributed by atoms with Crippen molar-refractivity contribution in [2.45, 2.75) is 50.6 Å². The number of aromatic nitrogens is 2. The van der Waals surface area contributed by atoms with Crippen molar-refractivity contribution >= 4 is 18.7 Å². The van der Waals surface area contributed by atoms with Crippen LogP contribution in [0.15, 0.2) is 82.5 Å². The molecule has 2 fully saturated rings. The van der Waals surface area contributed by atoms with E-state index in [9.17, 15) is 14.0 Å². The maximum absolute atomic E-state index is 13.1. The maximum atomic E-state index is 13.1. The molecule has 4 atom stereocenters. The average molecular weight is 554 g/mol. The first-order valence-corrected chi connectivity index (χ1v) is 15.2. The Morgan fingerprint density at radius 2 is 1.67 bits per heavy atom. The molecule has 0 spiro atoms. The quantitative estimate of drug-likeness (QED) is 0.410. The molecule has 0 saturated carbocycles. The molecular weight excluding hydrogens is 517 g/mol. The topological polar surface area (TPSA) is 85.8 Å². The Labute approximate surface area is 228 Å². The highest BCUT2D eigenvalue weighted by Gasteiger charge is 2.64. The number of halogens is 1. The fourth-order valence-electron chi connectivity index (χ4n) is 6.25. The van der Waals surface area contributed by atoms with Gasteiger partial charge in [-0.1, -0.05) is 88.4 Å². The highest BCUT2D eigenvalue weighted by Crippen LogP contribution is 2.51. The summed E-state index contributed by atoms with van der Waals surface area (Å²) in [6.45, 7) is 8.59. The van der Waals surface area contributed by atoms with Crippen molar-refractivity contribution in [1.82, 2.24) is 14.6 Å². The van der Waals surface area contributed by atoms with Gasteiger partial charge in [-0.2, -0.15) is 5.06 Å². The summed E-state index contributed by atoms with van der Waals surface area (Å²) in [7, 11) is -2.87. The summed E-state index contributed by atoms with van der Waals surface area (Å²) in [4.78, 5) is 32.6. The van der Waals surface area contributed by atoms with Gasteiger partial charge in [0.2, 0.25) is 0 Å². The molecule has 5 rings (SSSR count). The minimum Gasteiger partial charge on any atom is -0.404 e. The molecule has 1 N–H and O–H groups in total. The van der Waals surface area contributed by atoms with Crippen LogP contribution in [0.4, 0.5) is 4.39 Å². The summed E-state index contributed by atoms with van der Waals surface area (Å²) >= 11 is 0. The van der Waals surface area contributed by atoms with Gasteiger partial charge < -0.3 is 9.16 Å². The highest BCUT2D eigenvalue weighted by atomic mass is 28.4. The van der Waals surface area contributed by atoms with Crippen LogP contribution >= 0.6 is 0 Å². The smallest absolute Gasteiger partial charge is 0.330 e. The first kappa shape index (κ1) is 27.7. The van der Waals surface area contributed by atoms with Gasteiger partial charge in [-0.15, -0.1) is 0 Å². The van der Waals surface area contributed by atoms with Crippen LogP contribution in [0.2, 0.25) is 5.04 Å². The van der Waals surface area contributed by atoms with E-state index in [4.69, 9.17) is 14.0 Å². The zero-order valence-corrected chi connectivity index (χ0v) is 23.8. The molecule has 0 amide bonds. The van der Waals surface area contributed by atoms with Gasteiger partial charge in [0.1, 0.15) is 12.3 Å². The minimum absolute atomic E-state index is 0.0951. The zero-order valence-electron chi connectivity index (χ0n) is 22.8. The van der Waals surface area contributed by atoms with Crippen LogP contribution in [-0.4, -0.2) is 61.0 Å². The Morgan fingerprint density at radius 1 is 1.05 bits per heavy atom. The molecule has 3 heterocycles. The standard InChI is InChI=1S/C29H36FN3O5Si/c1-21-25-26(32-17-15-24(34)31-27(32)35)38-29(21,19-33(25)36-18-16-30)20-37-39(28(2,3)4,22-11-7-5-8-12-22)23-13-9-6-10-14-23/h5-15,17,21,25-26H,16,18-20H2,1-4H3,(H,31,34,35)/t21-,25+,26+,29+/m0/s1. The maximum Gasteiger partial charge on any atom is 0.330 e. The molecule has 2 aliphatic heterocycles. The normalized spacial score (nSPS) is 25.3. The lowest BCUT2D eigenvalue weighted by Gasteiger charge is -2.45. The summed E-state index contributed by atoms with van der Waals surface area (Å²) in [6.07, 6.45) is 0.698. The molecular formula is C29H36FN3O5Si. The fourth-order valence-corrected chi connectivity index (χ4v) is 10.9. The third kappa shape index (κ3) is 4.74. The molecule has 8 nitrogen and oxygen atoms in total. The first-order chi connectivity index (χ1) is 18.6. The molecule has 0 aliphatic carbocycles. The summed E-state index contributed by atoms with van der Waals surface area (Å²) in [5.41, 5.74) is -1.88. The van der Waals surface area contributed by atoms with Crippen LogP contribution < -0.4 is 21.6 Å². The lowest BCUT2D eigenvalue weighted by Crippen LogP contribution is -2.68. The second kappa shape index (κ2) is 10.6. The van der Waals surface area contributed by atoms with Gasteiger partial charge in [0.05, 0.1) is 25.8 Å². The number of alkyl halides is 1. The molecule has 2 aromatic carbocycles. The van der Waals surface area contributed by atoms with E-state index in [1.54, 1.807) is 5.06 Å². The molecule has 2 aliphatic rings. The van der Waals surface area contributed by atoms with Crippen LogP contribution in [0.25, 0.3) is 0 Å². The fraction of sp³-hybridized carbons (Fsp3) is 0.448. The van der Waals surface area contributed by atoms with Gasteiger partial charge >= 0.3 is 5.69 Å². The molecule has 208 valence electrons. The Balaban J connectivity index is 1.56. The van der Waals surface area contributed by atoms with E-state index in [2.05, 4.69) is 56.9 Å². The van der Waals surface area contributed by atoms with Crippen molar-refractivity contribution in [3.8, 4) is 0 Å². The van der Waals surface area contributed by atoms with E-state index in [0.717, 1.165) is 10.4 Å². The number of nitrogens with one attached hydrogen (secondary N) is 1. The van der Waals surface area contributed by atoms with Crippen molar-refractivity contribution < 1.29 is 18.4 Å². The minimum atomic E-state index is -2.87. The predicted octanol–water partition coefficient (Wildman–Crippen LogP) is 2.60. The predicted molar refractivity (Wildman–Crippen MR) is 149 cm³/mol. The van der Waals surface area contributed by atoms with Gasteiger partial charge in [0.25, 0.3) is 13.9 Å². The number of benzene rings is 2. The van der Waals surface area contributed by atoms with E-state index in [1.807, 2.05) is 36.4 Å². The van der Waals surface area contributed by atoms with Crippen molar-refractivity contribution in [2.24, 2.45) is 5.92 Å². The van der Waals surface area contributed by atoms with Crippen molar-refractivity contribution in [2.75, 3.05) is 26.4 Å². The number of rotatable bonds is 9. The Kier molecular flexibility index (Phi) is 7.51. The Bertz CT molecular complexity index is 1350. The molecule has 1 aromatic heterocycles. The summed E-state index contributed by atoms with van der Waals surface area (Å²) in [5.74, 6) is -0.112. The molecule has 0 radical (unpaired) electrons. The number of fused-ring (bicyclic) bond motifs is 2. The van der Waals surface area contributed by atoms with Crippen molar-refractivity contribution in [1.29, 1.82) is 0 Å². The number of H-pyrrole nitrogens is 1. The van der Waals surface area contributed by atoms with Crippen molar-refractivity contribution in [3.05, 3.63) is 93.8 Å². The van der Waals surface area contributed by atoms with Crippen LogP contribution in [-0.2, 0) is 14.0 Å². The van der Waals surface area contributed by atoms with E-state index < -0.39 is 38.1 Å². The van der Waals surface area contributed by atoms with Gasteiger partial charge in [-0.05, 0) is 15.4 Å². The number of hydrogen-bond donors (Lipinski definition) is 1. The average Bonchev–Trinajstić information content (AvgIpc) is 3.34. The van der Waals surface area contributed by atoms with Crippen molar-refractivity contribution in [3.63, 3.8) is 0 Å². The van der Waals surface area contributed by atoms with Gasteiger partial charge in [-0.3, -0.25) is 19.2 Å². The number of morpholine rings is 1. The zero-order chi connectivity index (χ0) is 27.8.